The number of hydrogen-bond acceptors (Lipinski definition) is 8. The van der Waals surface area contributed by atoms with Crippen LogP contribution in [0, 0.1) is 0 Å². The van der Waals surface area contributed by atoms with Crippen LogP contribution in [0.3, 0.4) is 0 Å². The van der Waals surface area contributed by atoms with Crippen molar-refractivity contribution < 1.29 is 33.3 Å². The smallest absolute Gasteiger partial charge is 0.410 e. The van der Waals surface area contributed by atoms with Gasteiger partial charge in [-0.15, -0.1) is 0 Å². The van der Waals surface area contributed by atoms with Crippen molar-refractivity contribution in [3.8, 4) is 0 Å². The molecule has 0 aromatic rings. The Morgan fingerprint density at radius 1 is 0.358 bits per heavy atom. The van der Waals surface area contributed by atoms with E-state index in [1.807, 2.05) is 11.8 Å². The van der Waals surface area contributed by atoms with Crippen LogP contribution in [0.4, 0.5) is 4.79 Å². The molecule has 0 aliphatic carbocycles. The largest absolute Gasteiger partial charge is 0.462 e. The molecule has 0 saturated carbocycles. The summed E-state index contributed by atoms with van der Waals surface area (Å²) >= 11 is 0. The first kappa shape index (κ1) is 65.1. The van der Waals surface area contributed by atoms with Crippen molar-refractivity contribution in [2.75, 3.05) is 46.9 Å². The summed E-state index contributed by atoms with van der Waals surface area (Å²) in [5, 5.41) is 0. The van der Waals surface area contributed by atoms with E-state index in [4.69, 9.17) is 18.9 Å². The first-order valence-corrected chi connectivity index (χ1v) is 29.3. The standard InChI is InChI=1S/C58H114N2O7/c1-8-13-17-30-41-53(42-31-18-14-9-2)65-56(61)47-36-27-23-21-25-34-45-55(67-58(63)60(51-40-49-59(6)7)50-38-29-39-52-64-12-5)46-35-26-22-24-28-37-48-57(62)66-54(43-32-19-15-10-3)44-33-20-16-11-4/h53-55H,8-52H2,1-7H3. The van der Waals surface area contributed by atoms with Gasteiger partial charge in [-0.3, -0.25) is 9.59 Å². The quantitative estimate of drug-likeness (QED) is 0.0338. The lowest BCUT2D eigenvalue weighted by Crippen LogP contribution is -2.37. The maximum atomic E-state index is 13.8. The predicted octanol–water partition coefficient (Wildman–Crippen LogP) is 16.9. The summed E-state index contributed by atoms with van der Waals surface area (Å²) in [4.78, 5) is 43.5. The zero-order valence-corrected chi connectivity index (χ0v) is 45.8. The molecule has 0 atom stereocenters. The van der Waals surface area contributed by atoms with Gasteiger partial charge in [-0.25, -0.2) is 4.79 Å². The maximum absolute atomic E-state index is 13.8. The third kappa shape index (κ3) is 45.0. The van der Waals surface area contributed by atoms with E-state index in [-0.39, 0.29) is 36.3 Å². The number of nitrogens with zero attached hydrogens (tertiary/aromatic N) is 2. The van der Waals surface area contributed by atoms with Crippen molar-refractivity contribution in [3.63, 3.8) is 0 Å². The molecular weight excluding hydrogens is 837 g/mol. The van der Waals surface area contributed by atoms with E-state index in [0.717, 1.165) is 193 Å². The van der Waals surface area contributed by atoms with Gasteiger partial charge < -0.3 is 28.7 Å². The van der Waals surface area contributed by atoms with Crippen molar-refractivity contribution in [2.24, 2.45) is 0 Å². The van der Waals surface area contributed by atoms with Gasteiger partial charge in [0.1, 0.15) is 18.3 Å². The summed E-state index contributed by atoms with van der Waals surface area (Å²) in [7, 11) is 4.17. The maximum Gasteiger partial charge on any atom is 0.410 e. The minimum Gasteiger partial charge on any atom is -0.462 e. The normalized spacial score (nSPS) is 11.7. The van der Waals surface area contributed by atoms with E-state index in [1.165, 1.54) is 77.0 Å². The Bertz CT molecular complexity index is 992. The van der Waals surface area contributed by atoms with Crippen LogP contribution in [0.2, 0.25) is 0 Å². The number of unbranched alkanes of at least 4 members (excludes halogenated alkanes) is 24. The monoisotopic (exact) mass is 951 g/mol. The van der Waals surface area contributed by atoms with Crippen molar-refractivity contribution in [1.82, 2.24) is 9.80 Å². The number of hydrogen-bond donors (Lipinski definition) is 0. The molecule has 0 unspecified atom stereocenters. The van der Waals surface area contributed by atoms with E-state index < -0.39 is 0 Å². The van der Waals surface area contributed by atoms with Gasteiger partial charge in [0.15, 0.2) is 0 Å². The zero-order valence-electron chi connectivity index (χ0n) is 45.8. The lowest BCUT2D eigenvalue weighted by atomic mass is 10.0. The Kier molecular flexibility index (Phi) is 49.1. The lowest BCUT2D eigenvalue weighted by molar-refractivity contribution is -0.151. The Hall–Kier alpha value is -1.87. The molecule has 0 rings (SSSR count). The van der Waals surface area contributed by atoms with Gasteiger partial charge in [-0.1, -0.05) is 156 Å². The molecule has 0 saturated heterocycles. The van der Waals surface area contributed by atoms with Crippen LogP contribution in [0.25, 0.3) is 0 Å². The molecule has 0 N–H and O–H groups in total. The molecule has 0 aromatic carbocycles. The molecule has 0 heterocycles. The average molecular weight is 952 g/mol. The summed E-state index contributed by atoms with van der Waals surface area (Å²) in [5.74, 6) is -0.0150. The summed E-state index contributed by atoms with van der Waals surface area (Å²) in [6, 6.07) is 0. The third-order valence-corrected chi connectivity index (χ3v) is 13.4. The number of rotatable bonds is 52. The van der Waals surface area contributed by atoms with E-state index in [2.05, 4.69) is 46.7 Å². The minimum absolute atomic E-state index is 0.00749. The fraction of sp³-hybridized carbons (Fsp3) is 0.948. The van der Waals surface area contributed by atoms with Crippen molar-refractivity contribution in [1.29, 1.82) is 0 Å². The Morgan fingerprint density at radius 3 is 1.06 bits per heavy atom. The van der Waals surface area contributed by atoms with Crippen LogP contribution in [0.15, 0.2) is 0 Å². The topological polar surface area (TPSA) is 94.6 Å². The molecule has 1 amide bonds. The fourth-order valence-corrected chi connectivity index (χ4v) is 9.09. The predicted molar refractivity (Wildman–Crippen MR) is 284 cm³/mol. The molecule has 0 aliphatic rings. The van der Waals surface area contributed by atoms with Crippen LogP contribution in [0.1, 0.15) is 291 Å². The highest BCUT2D eigenvalue weighted by Crippen LogP contribution is 2.21. The molecular formula is C58H114N2O7. The molecule has 0 spiro atoms. The van der Waals surface area contributed by atoms with Crippen molar-refractivity contribution in [3.05, 3.63) is 0 Å². The molecule has 398 valence electrons. The molecule has 9 nitrogen and oxygen atoms in total. The van der Waals surface area contributed by atoms with E-state index in [9.17, 15) is 14.4 Å². The molecule has 0 aromatic heterocycles. The zero-order chi connectivity index (χ0) is 49.3. The lowest BCUT2D eigenvalue weighted by Gasteiger charge is -2.26. The SMILES string of the molecule is CCCCCCC(CCCCCC)OC(=O)CCCCCCCCC(CCCCCCCCC(=O)OC(CCCCCC)CCCCCC)OC(=O)N(CCCCCOCC)CCCN(C)C. The number of esters is 2. The van der Waals surface area contributed by atoms with Gasteiger partial charge >= 0.3 is 18.0 Å². The highest BCUT2D eigenvalue weighted by molar-refractivity contribution is 5.70. The van der Waals surface area contributed by atoms with E-state index in [0.29, 0.717) is 19.4 Å². The summed E-state index contributed by atoms with van der Waals surface area (Å²) in [6.45, 7) is 14.9. The second kappa shape index (κ2) is 50.5. The van der Waals surface area contributed by atoms with Crippen LogP contribution >= 0.6 is 0 Å². The molecule has 9 heteroatoms. The first-order chi connectivity index (χ1) is 32.7. The summed E-state index contributed by atoms with van der Waals surface area (Å²) in [6.07, 6.45) is 43.0. The Balaban J connectivity index is 5.02. The molecule has 0 radical (unpaired) electrons. The van der Waals surface area contributed by atoms with E-state index >= 15 is 0 Å². The highest BCUT2D eigenvalue weighted by atomic mass is 16.6. The second-order valence-electron chi connectivity index (χ2n) is 20.3. The van der Waals surface area contributed by atoms with Gasteiger partial charge in [0.05, 0.1) is 0 Å². The van der Waals surface area contributed by atoms with Crippen LogP contribution in [-0.4, -0.2) is 93.1 Å². The average Bonchev–Trinajstić information content (AvgIpc) is 3.31. The third-order valence-electron chi connectivity index (χ3n) is 13.4. The molecule has 67 heavy (non-hydrogen) atoms. The van der Waals surface area contributed by atoms with Crippen molar-refractivity contribution in [2.45, 2.75) is 310 Å². The molecule has 0 aliphatic heterocycles. The number of carbonyl (C=O) groups excluding carboxylic acids is 3. The Morgan fingerprint density at radius 2 is 0.687 bits per heavy atom. The molecule has 0 fully saturated rings. The van der Waals surface area contributed by atoms with Gasteiger partial charge in [0, 0.05) is 39.1 Å². The summed E-state index contributed by atoms with van der Waals surface area (Å²) in [5.41, 5.74) is 0. The van der Waals surface area contributed by atoms with E-state index in [1.54, 1.807) is 0 Å². The number of ether oxygens (including phenoxy) is 4. The van der Waals surface area contributed by atoms with Crippen molar-refractivity contribution >= 4 is 18.0 Å². The Labute approximate surface area is 416 Å². The molecule has 0 bridgehead atoms. The highest BCUT2D eigenvalue weighted by Gasteiger charge is 2.21. The van der Waals surface area contributed by atoms with Crippen LogP contribution in [0.5, 0.6) is 0 Å². The fourth-order valence-electron chi connectivity index (χ4n) is 9.09. The van der Waals surface area contributed by atoms with Gasteiger partial charge in [-0.05, 0) is 143 Å². The summed E-state index contributed by atoms with van der Waals surface area (Å²) < 4.78 is 23.9. The number of carbonyl (C=O) groups is 3. The van der Waals surface area contributed by atoms with Gasteiger partial charge in [-0.2, -0.15) is 0 Å². The van der Waals surface area contributed by atoms with Gasteiger partial charge in [0.25, 0.3) is 0 Å². The van der Waals surface area contributed by atoms with Crippen LogP contribution in [-0.2, 0) is 28.5 Å². The minimum atomic E-state index is -0.152. The number of amides is 1. The van der Waals surface area contributed by atoms with Crippen LogP contribution < -0.4 is 0 Å². The first-order valence-electron chi connectivity index (χ1n) is 29.3. The van der Waals surface area contributed by atoms with Gasteiger partial charge in [0.2, 0.25) is 0 Å². The second-order valence-corrected chi connectivity index (χ2v) is 20.3.